The van der Waals surface area contributed by atoms with Crippen LogP contribution in [0.2, 0.25) is 0 Å². The molecule has 0 atom stereocenters. The second kappa shape index (κ2) is 5.80. The van der Waals surface area contributed by atoms with Gasteiger partial charge in [0.25, 0.3) is 15.7 Å². The van der Waals surface area contributed by atoms with Crippen molar-refractivity contribution in [3.05, 3.63) is 56.8 Å². The van der Waals surface area contributed by atoms with E-state index in [2.05, 4.69) is 5.10 Å². The Hall–Kier alpha value is -2.26. The predicted octanol–water partition coefficient (Wildman–Crippen LogP) is 1.97. The number of non-ortho nitro benzene ring substituents is 1. The van der Waals surface area contributed by atoms with Crippen molar-refractivity contribution in [1.82, 2.24) is 4.83 Å². The average Bonchev–Trinajstić information content (AvgIpc) is 2.92. The van der Waals surface area contributed by atoms with E-state index < -0.39 is 14.9 Å². The number of sulfonamides is 1. The maximum Gasteiger partial charge on any atom is 0.276 e. The van der Waals surface area contributed by atoms with Crippen LogP contribution in [0.25, 0.3) is 0 Å². The SMILES string of the molecule is O=[N+]([O-])c1ccc(S(=O)(=O)NN=Cc2cccs2)cc1. The smallest absolute Gasteiger partial charge is 0.258 e. The lowest BCUT2D eigenvalue weighted by molar-refractivity contribution is -0.384. The molecular formula is C11H9N3O4S2. The molecule has 0 spiro atoms. The van der Waals surface area contributed by atoms with Gasteiger partial charge in [-0.3, -0.25) is 10.1 Å². The second-order valence-electron chi connectivity index (χ2n) is 3.62. The minimum Gasteiger partial charge on any atom is -0.258 e. The molecule has 1 aromatic heterocycles. The number of nitrogens with zero attached hydrogens (tertiary/aromatic N) is 2. The summed E-state index contributed by atoms with van der Waals surface area (Å²) in [7, 11) is -3.82. The predicted molar refractivity (Wildman–Crippen MR) is 75.3 cm³/mol. The van der Waals surface area contributed by atoms with Crippen molar-refractivity contribution in [2.24, 2.45) is 5.10 Å². The fourth-order valence-corrected chi connectivity index (χ4v) is 2.70. The van der Waals surface area contributed by atoms with Crippen molar-refractivity contribution in [2.75, 3.05) is 0 Å². The first-order valence-corrected chi connectivity index (χ1v) is 7.68. The lowest BCUT2D eigenvalue weighted by Crippen LogP contribution is -2.18. The van der Waals surface area contributed by atoms with Crippen molar-refractivity contribution in [1.29, 1.82) is 0 Å². The van der Waals surface area contributed by atoms with Gasteiger partial charge < -0.3 is 0 Å². The molecule has 0 bridgehead atoms. The molecule has 0 fully saturated rings. The van der Waals surface area contributed by atoms with Gasteiger partial charge in [-0.1, -0.05) is 6.07 Å². The Morgan fingerprint density at radius 3 is 2.50 bits per heavy atom. The molecule has 9 heteroatoms. The van der Waals surface area contributed by atoms with Crippen molar-refractivity contribution in [3.63, 3.8) is 0 Å². The van der Waals surface area contributed by atoms with Crippen LogP contribution in [-0.4, -0.2) is 19.6 Å². The molecular weight excluding hydrogens is 302 g/mol. The van der Waals surface area contributed by atoms with E-state index in [-0.39, 0.29) is 10.6 Å². The Balaban J connectivity index is 2.12. The van der Waals surface area contributed by atoms with Crippen LogP contribution in [0.5, 0.6) is 0 Å². The summed E-state index contributed by atoms with van der Waals surface area (Å²) in [5.74, 6) is 0. The lowest BCUT2D eigenvalue weighted by atomic mass is 10.3. The molecule has 20 heavy (non-hydrogen) atoms. The van der Waals surface area contributed by atoms with Gasteiger partial charge in [0, 0.05) is 17.0 Å². The van der Waals surface area contributed by atoms with Gasteiger partial charge in [-0.15, -0.1) is 11.3 Å². The van der Waals surface area contributed by atoms with Crippen LogP contribution in [0.1, 0.15) is 4.88 Å². The zero-order chi connectivity index (χ0) is 14.6. The Kier molecular flexibility index (Phi) is 4.11. The summed E-state index contributed by atoms with van der Waals surface area (Å²) in [6.07, 6.45) is 1.38. The summed E-state index contributed by atoms with van der Waals surface area (Å²) in [6.45, 7) is 0. The minimum atomic E-state index is -3.82. The summed E-state index contributed by atoms with van der Waals surface area (Å²) < 4.78 is 23.7. The normalized spacial score (nSPS) is 11.6. The first-order chi connectivity index (χ1) is 9.49. The van der Waals surface area contributed by atoms with E-state index in [9.17, 15) is 18.5 Å². The first-order valence-electron chi connectivity index (χ1n) is 5.32. The van der Waals surface area contributed by atoms with Gasteiger partial charge in [0.2, 0.25) is 0 Å². The molecule has 1 heterocycles. The first kappa shape index (κ1) is 14.2. The summed E-state index contributed by atoms with van der Waals surface area (Å²) in [5, 5.41) is 16.0. The lowest BCUT2D eigenvalue weighted by Gasteiger charge is -2.02. The van der Waals surface area contributed by atoms with Gasteiger partial charge in [0.1, 0.15) is 0 Å². The molecule has 7 nitrogen and oxygen atoms in total. The molecule has 0 saturated heterocycles. The van der Waals surface area contributed by atoms with Crippen molar-refractivity contribution in [3.8, 4) is 0 Å². The number of thiophene rings is 1. The molecule has 0 aliphatic rings. The van der Waals surface area contributed by atoms with Crippen molar-refractivity contribution in [2.45, 2.75) is 4.90 Å². The molecule has 0 saturated carbocycles. The maximum absolute atomic E-state index is 11.9. The van der Waals surface area contributed by atoms with Crippen molar-refractivity contribution >= 4 is 33.3 Å². The molecule has 2 rings (SSSR count). The van der Waals surface area contributed by atoms with Crippen LogP contribution in [0.3, 0.4) is 0 Å². The van der Waals surface area contributed by atoms with Crippen molar-refractivity contribution < 1.29 is 13.3 Å². The highest BCUT2D eigenvalue weighted by atomic mass is 32.2. The number of nitro groups is 1. The molecule has 0 amide bonds. The fourth-order valence-electron chi connectivity index (χ4n) is 1.32. The van der Waals surface area contributed by atoms with Gasteiger partial charge in [-0.05, 0) is 23.6 Å². The number of benzene rings is 1. The number of hydrazone groups is 1. The van der Waals surface area contributed by atoms with E-state index in [1.54, 1.807) is 6.07 Å². The quantitative estimate of drug-likeness (QED) is 0.518. The molecule has 2 aromatic rings. The van der Waals surface area contributed by atoms with E-state index in [0.717, 1.165) is 29.1 Å². The van der Waals surface area contributed by atoms with E-state index in [1.165, 1.54) is 17.6 Å². The van der Waals surface area contributed by atoms with Gasteiger partial charge in [-0.2, -0.15) is 13.5 Å². The maximum atomic E-state index is 11.9. The van der Waals surface area contributed by atoms with Crippen LogP contribution in [0.15, 0.2) is 51.8 Å². The number of nitro benzene ring substituents is 1. The van der Waals surface area contributed by atoms with E-state index in [0.29, 0.717) is 0 Å². The van der Waals surface area contributed by atoms with Crippen LogP contribution in [-0.2, 0) is 10.0 Å². The Labute approximate surface area is 118 Å². The third-order valence-corrected chi connectivity index (χ3v) is 4.31. The highest BCUT2D eigenvalue weighted by molar-refractivity contribution is 7.89. The molecule has 0 radical (unpaired) electrons. The van der Waals surface area contributed by atoms with Gasteiger partial charge in [0.15, 0.2) is 0 Å². The standard InChI is InChI=1S/C11H9N3O4S2/c15-14(16)9-3-5-11(6-4-9)20(17,18)13-12-8-10-2-1-7-19-10/h1-8,13H. The molecule has 0 unspecified atom stereocenters. The van der Waals surface area contributed by atoms with Crippen LogP contribution >= 0.6 is 11.3 Å². The summed E-state index contributed by atoms with van der Waals surface area (Å²) >= 11 is 1.42. The molecule has 0 aliphatic heterocycles. The fraction of sp³-hybridized carbons (Fsp3) is 0. The van der Waals surface area contributed by atoms with E-state index >= 15 is 0 Å². The summed E-state index contributed by atoms with van der Waals surface area (Å²) in [5.41, 5.74) is -0.175. The van der Waals surface area contributed by atoms with Gasteiger partial charge in [-0.25, -0.2) is 4.83 Å². The molecule has 1 N–H and O–H groups in total. The Morgan fingerprint density at radius 1 is 1.25 bits per heavy atom. The highest BCUT2D eigenvalue weighted by Gasteiger charge is 2.14. The third-order valence-electron chi connectivity index (χ3n) is 2.27. The van der Waals surface area contributed by atoms with E-state index in [1.807, 2.05) is 16.3 Å². The number of rotatable bonds is 5. The number of hydrogen-bond acceptors (Lipinski definition) is 6. The topological polar surface area (TPSA) is 102 Å². The van der Waals surface area contributed by atoms with Crippen LogP contribution in [0.4, 0.5) is 5.69 Å². The Bertz CT molecular complexity index is 722. The second-order valence-corrected chi connectivity index (χ2v) is 6.26. The summed E-state index contributed by atoms with van der Waals surface area (Å²) in [4.78, 5) is 12.6. The third kappa shape index (κ3) is 3.39. The largest absolute Gasteiger partial charge is 0.276 e. The van der Waals surface area contributed by atoms with Crippen LogP contribution in [0, 0.1) is 10.1 Å². The zero-order valence-corrected chi connectivity index (χ0v) is 11.6. The minimum absolute atomic E-state index is 0.0913. The zero-order valence-electron chi connectivity index (χ0n) is 9.96. The Morgan fingerprint density at radius 2 is 1.95 bits per heavy atom. The summed E-state index contributed by atoms with van der Waals surface area (Å²) in [6, 6.07) is 8.16. The van der Waals surface area contributed by atoms with E-state index in [4.69, 9.17) is 0 Å². The highest BCUT2D eigenvalue weighted by Crippen LogP contribution is 2.15. The number of nitrogens with one attached hydrogen (secondary N) is 1. The molecule has 104 valence electrons. The molecule has 1 aromatic carbocycles. The monoisotopic (exact) mass is 311 g/mol. The van der Waals surface area contributed by atoms with Crippen LogP contribution < -0.4 is 4.83 Å². The molecule has 0 aliphatic carbocycles. The van der Waals surface area contributed by atoms with Gasteiger partial charge >= 0.3 is 0 Å². The number of hydrogen-bond donors (Lipinski definition) is 1. The average molecular weight is 311 g/mol. The van der Waals surface area contributed by atoms with Gasteiger partial charge in [0.05, 0.1) is 16.0 Å².